The molecule has 1 aliphatic rings. The first-order valence-electron chi connectivity index (χ1n) is 4.76. The fraction of sp³-hybridized carbons (Fsp3) is 0.556. The summed E-state index contributed by atoms with van der Waals surface area (Å²) in [4.78, 5) is 3.13. The minimum Gasteiger partial charge on any atom is -0.365 e. The Kier molecular flexibility index (Phi) is 2.36. The highest BCUT2D eigenvalue weighted by Gasteiger charge is 2.25. The number of hydrogen-bond acceptors (Lipinski definition) is 2. The Morgan fingerprint density at radius 1 is 1.57 bits per heavy atom. The molecule has 0 radical (unpaired) electrons. The number of H-pyrrole nitrogens is 1. The fourth-order valence-electron chi connectivity index (χ4n) is 1.74. The van der Waals surface area contributed by atoms with Crippen LogP contribution in [0.4, 0.5) is 0 Å². The Bertz CT molecular complexity index is 422. The zero-order valence-electron chi connectivity index (χ0n) is 8.16. The van der Waals surface area contributed by atoms with E-state index >= 15 is 0 Å². The lowest BCUT2D eigenvalue weighted by Gasteiger charge is -2.25. The van der Waals surface area contributed by atoms with Crippen LogP contribution in [0.2, 0.25) is 0 Å². The van der Waals surface area contributed by atoms with Gasteiger partial charge in [-0.2, -0.15) is 4.31 Å². The molecule has 0 spiro atoms. The van der Waals surface area contributed by atoms with Gasteiger partial charge >= 0.3 is 0 Å². The Hall–Kier alpha value is -0.810. The number of rotatable bonds is 2. The second-order valence-corrected chi connectivity index (χ2v) is 5.72. The first kappa shape index (κ1) is 9.73. The van der Waals surface area contributed by atoms with Crippen LogP contribution in [0.1, 0.15) is 18.2 Å². The molecular weight excluding hydrogens is 200 g/mol. The van der Waals surface area contributed by atoms with Gasteiger partial charge in [0, 0.05) is 31.4 Å². The van der Waals surface area contributed by atoms with Crippen molar-refractivity contribution in [2.24, 2.45) is 0 Å². The third-order valence-corrected chi connectivity index (χ3v) is 4.47. The van der Waals surface area contributed by atoms with Gasteiger partial charge in [-0.15, -0.1) is 0 Å². The quantitative estimate of drug-likeness (QED) is 0.788. The highest BCUT2D eigenvalue weighted by molar-refractivity contribution is 7.89. The van der Waals surface area contributed by atoms with Gasteiger partial charge in [-0.05, 0) is 18.6 Å². The minimum absolute atomic E-state index is 0.187. The maximum Gasteiger partial charge on any atom is 0.214 e. The summed E-state index contributed by atoms with van der Waals surface area (Å²) >= 11 is 0. The van der Waals surface area contributed by atoms with Crippen LogP contribution in [0.25, 0.3) is 0 Å². The van der Waals surface area contributed by atoms with E-state index in [1.807, 2.05) is 12.3 Å². The van der Waals surface area contributed by atoms with E-state index in [2.05, 4.69) is 4.98 Å². The molecule has 0 saturated carbocycles. The normalized spacial score (nSPS) is 18.1. The van der Waals surface area contributed by atoms with Gasteiger partial charge in [0.1, 0.15) is 0 Å². The predicted octanol–water partition coefficient (Wildman–Crippen LogP) is 0.722. The molecule has 2 heterocycles. The first-order chi connectivity index (χ1) is 6.63. The lowest BCUT2D eigenvalue weighted by atomic mass is 10.1. The van der Waals surface area contributed by atoms with Crippen LogP contribution in [0.3, 0.4) is 0 Å². The van der Waals surface area contributed by atoms with Crippen LogP contribution < -0.4 is 0 Å². The molecular formula is C9H14N2O2S. The lowest BCUT2D eigenvalue weighted by Crippen LogP contribution is -2.36. The second kappa shape index (κ2) is 3.40. The molecule has 78 valence electrons. The fourth-order valence-corrected chi connectivity index (χ4v) is 2.81. The standard InChI is InChI=1S/C9H14N2O2S/c1-2-14(12,13)11-6-4-9-8(7-11)3-5-10-9/h3,5,10H,2,4,6-7H2,1H3. The molecule has 1 N–H and O–H groups in total. The summed E-state index contributed by atoms with van der Waals surface area (Å²) in [6.07, 6.45) is 2.66. The number of nitrogens with zero attached hydrogens (tertiary/aromatic N) is 1. The smallest absolute Gasteiger partial charge is 0.214 e. The van der Waals surface area contributed by atoms with E-state index in [1.54, 1.807) is 11.2 Å². The van der Waals surface area contributed by atoms with Gasteiger partial charge in [0.15, 0.2) is 0 Å². The Morgan fingerprint density at radius 3 is 3.07 bits per heavy atom. The van der Waals surface area contributed by atoms with Crippen LogP contribution >= 0.6 is 0 Å². The van der Waals surface area contributed by atoms with Crippen molar-refractivity contribution < 1.29 is 8.42 Å². The van der Waals surface area contributed by atoms with Crippen molar-refractivity contribution in [3.05, 3.63) is 23.5 Å². The number of hydrogen-bond donors (Lipinski definition) is 1. The van der Waals surface area contributed by atoms with Gasteiger partial charge in [0.2, 0.25) is 10.0 Å². The largest absolute Gasteiger partial charge is 0.365 e. The van der Waals surface area contributed by atoms with Crippen molar-refractivity contribution >= 4 is 10.0 Å². The van der Waals surface area contributed by atoms with E-state index in [0.717, 1.165) is 12.0 Å². The molecule has 0 aromatic carbocycles. The SMILES string of the molecule is CCS(=O)(=O)N1CCc2[nH]ccc2C1. The summed E-state index contributed by atoms with van der Waals surface area (Å²) in [5, 5.41) is 0. The molecule has 0 unspecified atom stereocenters. The molecule has 0 atom stereocenters. The molecule has 5 heteroatoms. The highest BCUT2D eigenvalue weighted by Crippen LogP contribution is 2.19. The van der Waals surface area contributed by atoms with Gasteiger partial charge in [0.05, 0.1) is 5.75 Å². The van der Waals surface area contributed by atoms with Gasteiger partial charge in [-0.3, -0.25) is 0 Å². The summed E-state index contributed by atoms with van der Waals surface area (Å²) in [6, 6.07) is 1.95. The maximum absolute atomic E-state index is 11.6. The topological polar surface area (TPSA) is 53.2 Å². The number of fused-ring (bicyclic) bond motifs is 1. The molecule has 0 aliphatic carbocycles. The van der Waals surface area contributed by atoms with E-state index in [4.69, 9.17) is 0 Å². The van der Waals surface area contributed by atoms with Crippen molar-refractivity contribution in [1.29, 1.82) is 0 Å². The molecule has 1 aromatic heterocycles. The third-order valence-electron chi connectivity index (χ3n) is 2.65. The van der Waals surface area contributed by atoms with Crippen molar-refractivity contribution in [2.75, 3.05) is 12.3 Å². The Labute approximate surface area is 84.0 Å². The Morgan fingerprint density at radius 2 is 2.36 bits per heavy atom. The minimum atomic E-state index is -3.02. The van der Waals surface area contributed by atoms with Crippen molar-refractivity contribution in [2.45, 2.75) is 19.9 Å². The summed E-state index contributed by atoms with van der Waals surface area (Å²) in [5.74, 6) is 0.187. The molecule has 2 rings (SSSR count). The maximum atomic E-state index is 11.6. The number of sulfonamides is 1. The lowest BCUT2D eigenvalue weighted by molar-refractivity contribution is 0.391. The molecule has 0 bridgehead atoms. The van der Waals surface area contributed by atoms with Crippen LogP contribution in [-0.2, 0) is 23.0 Å². The first-order valence-corrected chi connectivity index (χ1v) is 6.37. The second-order valence-electron chi connectivity index (χ2n) is 3.47. The molecule has 1 aliphatic heterocycles. The number of nitrogens with one attached hydrogen (secondary N) is 1. The van der Waals surface area contributed by atoms with E-state index in [1.165, 1.54) is 5.69 Å². The number of aromatic nitrogens is 1. The van der Waals surface area contributed by atoms with Gasteiger partial charge in [-0.25, -0.2) is 8.42 Å². The summed E-state index contributed by atoms with van der Waals surface area (Å²) in [5.41, 5.74) is 2.28. The molecule has 0 amide bonds. The van der Waals surface area contributed by atoms with Gasteiger partial charge < -0.3 is 4.98 Å². The zero-order valence-corrected chi connectivity index (χ0v) is 8.97. The van der Waals surface area contributed by atoms with Crippen LogP contribution in [0.5, 0.6) is 0 Å². The van der Waals surface area contributed by atoms with Crippen molar-refractivity contribution in [1.82, 2.24) is 9.29 Å². The van der Waals surface area contributed by atoms with Crippen LogP contribution in [-0.4, -0.2) is 30.0 Å². The molecule has 0 saturated heterocycles. The van der Waals surface area contributed by atoms with E-state index in [-0.39, 0.29) is 5.75 Å². The predicted molar refractivity (Wildman–Crippen MR) is 54.4 cm³/mol. The van der Waals surface area contributed by atoms with Crippen LogP contribution in [0.15, 0.2) is 12.3 Å². The average molecular weight is 214 g/mol. The third kappa shape index (κ3) is 1.57. The summed E-state index contributed by atoms with van der Waals surface area (Å²) in [7, 11) is -3.02. The summed E-state index contributed by atoms with van der Waals surface area (Å²) < 4.78 is 24.8. The van der Waals surface area contributed by atoms with Crippen molar-refractivity contribution in [3.63, 3.8) is 0 Å². The monoisotopic (exact) mass is 214 g/mol. The van der Waals surface area contributed by atoms with Crippen LogP contribution in [0, 0.1) is 0 Å². The van der Waals surface area contributed by atoms with Gasteiger partial charge in [-0.1, -0.05) is 0 Å². The average Bonchev–Trinajstić information content (AvgIpc) is 2.64. The van der Waals surface area contributed by atoms with E-state index in [9.17, 15) is 8.42 Å². The zero-order chi connectivity index (χ0) is 10.2. The van der Waals surface area contributed by atoms with Crippen molar-refractivity contribution in [3.8, 4) is 0 Å². The highest BCUT2D eigenvalue weighted by atomic mass is 32.2. The Balaban J connectivity index is 2.23. The summed E-state index contributed by atoms with van der Waals surface area (Å²) in [6.45, 7) is 2.81. The molecule has 4 nitrogen and oxygen atoms in total. The van der Waals surface area contributed by atoms with E-state index < -0.39 is 10.0 Å². The molecule has 1 aromatic rings. The van der Waals surface area contributed by atoms with E-state index in [0.29, 0.717) is 13.1 Å². The number of aromatic amines is 1. The molecule has 0 fully saturated rings. The molecule has 14 heavy (non-hydrogen) atoms. The van der Waals surface area contributed by atoms with Gasteiger partial charge in [0.25, 0.3) is 0 Å².